The SMILES string of the molecule is COc1ccccc1SC[C@H]1C[C@@H](c2ccc(CO)cc2)O[C@@H](c2cccc(-c3cccc(CN4C(=O)c5ccccc5C4=O)c3)c2)O1. The molecule has 3 atom stereocenters. The number of carbonyl (C=O) groups excluding carboxylic acids is 2. The molecular weight excluding hydrogens is 623 g/mol. The number of hydrogen-bond donors (Lipinski definition) is 1. The Morgan fingerprint density at radius 3 is 2.17 bits per heavy atom. The van der Waals surface area contributed by atoms with E-state index in [1.807, 2.05) is 84.9 Å². The smallest absolute Gasteiger partial charge is 0.261 e. The second-order valence-electron chi connectivity index (χ2n) is 11.9. The van der Waals surface area contributed by atoms with Gasteiger partial charge in [0.2, 0.25) is 0 Å². The zero-order chi connectivity index (χ0) is 33.0. The third kappa shape index (κ3) is 6.66. The van der Waals surface area contributed by atoms with E-state index in [4.69, 9.17) is 14.2 Å². The summed E-state index contributed by atoms with van der Waals surface area (Å²) in [7, 11) is 1.68. The summed E-state index contributed by atoms with van der Waals surface area (Å²) in [6, 6.07) is 38.8. The molecule has 1 saturated heterocycles. The topological polar surface area (TPSA) is 85.3 Å². The summed E-state index contributed by atoms with van der Waals surface area (Å²) in [5.74, 6) is 1.01. The number of aliphatic hydroxyl groups is 1. The highest BCUT2D eigenvalue weighted by Crippen LogP contribution is 2.41. The van der Waals surface area contributed by atoms with E-state index >= 15 is 0 Å². The largest absolute Gasteiger partial charge is 0.496 e. The van der Waals surface area contributed by atoms with Crippen molar-refractivity contribution in [1.29, 1.82) is 0 Å². The molecule has 48 heavy (non-hydrogen) atoms. The molecule has 1 N–H and O–H groups in total. The van der Waals surface area contributed by atoms with Gasteiger partial charge in [0.15, 0.2) is 6.29 Å². The lowest BCUT2D eigenvalue weighted by atomic mass is 9.99. The number of methoxy groups -OCH3 is 1. The first-order valence-electron chi connectivity index (χ1n) is 15.9. The van der Waals surface area contributed by atoms with E-state index < -0.39 is 6.29 Å². The summed E-state index contributed by atoms with van der Waals surface area (Å²) in [4.78, 5) is 28.3. The molecule has 0 bridgehead atoms. The lowest BCUT2D eigenvalue weighted by Gasteiger charge is -2.36. The van der Waals surface area contributed by atoms with Gasteiger partial charge in [-0.2, -0.15) is 0 Å². The number of ether oxygens (including phenoxy) is 3. The molecule has 0 aromatic heterocycles. The van der Waals surface area contributed by atoms with Crippen molar-refractivity contribution < 1.29 is 28.9 Å². The Kier molecular flexibility index (Phi) is 9.40. The summed E-state index contributed by atoms with van der Waals surface area (Å²) < 4.78 is 18.8. The highest BCUT2D eigenvalue weighted by atomic mass is 32.2. The molecule has 0 spiro atoms. The zero-order valence-corrected chi connectivity index (χ0v) is 27.3. The molecule has 2 amide bonds. The van der Waals surface area contributed by atoms with Gasteiger partial charge in [0, 0.05) is 22.6 Å². The van der Waals surface area contributed by atoms with Crippen LogP contribution >= 0.6 is 11.8 Å². The minimum atomic E-state index is -0.606. The third-order valence-electron chi connectivity index (χ3n) is 8.75. The molecular formula is C40H35NO6S. The maximum Gasteiger partial charge on any atom is 0.261 e. The van der Waals surface area contributed by atoms with Gasteiger partial charge >= 0.3 is 0 Å². The molecule has 2 aliphatic rings. The second-order valence-corrected chi connectivity index (χ2v) is 12.9. The average Bonchev–Trinajstić information content (AvgIpc) is 3.38. The van der Waals surface area contributed by atoms with Crippen molar-refractivity contribution in [2.24, 2.45) is 0 Å². The van der Waals surface area contributed by atoms with Crippen molar-refractivity contribution in [3.8, 4) is 16.9 Å². The van der Waals surface area contributed by atoms with E-state index in [0.717, 1.165) is 44.0 Å². The normalized spacial score (nSPS) is 19.0. The van der Waals surface area contributed by atoms with Crippen molar-refractivity contribution in [1.82, 2.24) is 4.90 Å². The predicted molar refractivity (Wildman–Crippen MR) is 185 cm³/mol. The molecule has 5 aromatic carbocycles. The van der Waals surface area contributed by atoms with Gasteiger partial charge < -0.3 is 19.3 Å². The van der Waals surface area contributed by atoms with Crippen LogP contribution in [0.4, 0.5) is 0 Å². The lowest BCUT2D eigenvalue weighted by Crippen LogP contribution is -2.31. The van der Waals surface area contributed by atoms with E-state index in [1.165, 1.54) is 4.90 Å². The highest BCUT2D eigenvalue weighted by molar-refractivity contribution is 7.99. The first kappa shape index (κ1) is 31.8. The van der Waals surface area contributed by atoms with E-state index in [0.29, 0.717) is 23.3 Å². The monoisotopic (exact) mass is 657 g/mol. The predicted octanol–water partition coefficient (Wildman–Crippen LogP) is 7.99. The van der Waals surface area contributed by atoms with Gasteiger partial charge in [0.25, 0.3) is 11.8 Å². The van der Waals surface area contributed by atoms with Gasteiger partial charge in [-0.05, 0) is 64.2 Å². The van der Waals surface area contributed by atoms with Crippen LogP contribution in [0.25, 0.3) is 11.1 Å². The average molecular weight is 658 g/mol. The van der Waals surface area contributed by atoms with Crippen LogP contribution in [0, 0.1) is 0 Å². The van der Waals surface area contributed by atoms with Crippen molar-refractivity contribution in [3.05, 3.63) is 155 Å². The van der Waals surface area contributed by atoms with Crippen LogP contribution in [0.15, 0.2) is 126 Å². The number of fused-ring (bicyclic) bond motifs is 1. The van der Waals surface area contributed by atoms with Gasteiger partial charge in [-0.25, -0.2) is 0 Å². The van der Waals surface area contributed by atoms with Gasteiger partial charge in [-0.3, -0.25) is 14.5 Å². The number of nitrogens with zero attached hydrogens (tertiary/aromatic N) is 1. The molecule has 0 saturated carbocycles. The Bertz CT molecular complexity index is 1910. The molecule has 7 rings (SSSR count). The molecule has 242 valence electrons. The number of thioether (sulfide) groups is 1. The van der Waals surface area contributed by atoms with Crippen LogP contribution in [-0.2, 0) is 22.6 Å². The first-order valence-corrected chi connectivity index (χ1v) is 16.9. The van der Waals surface area contributed by atoms with Crippen LogP contribution < -0.4 is 4.74 Å². The van der Waals surface area contributed by atoms with Crippen LogP contribution in [0.3, 0.4) is 0 Å². The van der Waals surface area contributed by atoms with E-state index in [2.05, 4.69) is 12.1 Å². The molecule has 5 aromatic rings. The van der Waals surface area contributed by atoms with Crippen LogP contribution in [0.5, 0.6) is 5.75 Å². The molecule has 7 nitrogen and oxygen atoms in total. The second kappa shape index (κ2) is 14.2. The molecule has 1 fully saturated rings. The summed E-state index contributed by atoms with van der Waals surface area (Å²) in [5, 5.41) is 9.56. The lowest BCUT2D eigenvalue weighted by molar-refractivity contribution is -0.245. The zero-order valence-electron chi connectivity index (χ0n) is 26.5. The number of rotatable bonds is 10. The molecule has 8 heteroatoms. The first-order chi connectivity index (χ1) is 23.5. The van der Waals surface area contributed by atoms with E-state index in [-0.39, 0.29) is 37.2 Å². The Hall–Kier alpha value is -4.73. The number of aliphatic hydroxyl groups excluding tert-OH is 1. The number of imide groups is 1. The van der Waals surface area contributed by atoms with Gasteiger partial charge in [-0.15, -0.1) is 11.8 Å². The standard InChI is InChI=1S/C40H35NO6S/c1-45-35-14-4-5-15-37(35)48-25-32-22-36(28-18-16-26(24-42)17-19-28)47-40(46-32)31-11-7-10-30(21-31)29-9-6-8-27(20-29)23-41-38(43)33-12-2-3-13-34(33)39(41)44/h2-21,32,36,40,42H,22-25H2,1H3/t32-,36+,40+/m1/s1. The number of benzene rings is 5. The summed E-state index contributed by atoms with van der Waals surface area (Å²) >= 11 is 1.70. The Labute approximate surface area is 284 Å². The fraction of sp³-hybridized carbons (Fsp3) is 0.200. The highest BCUT2D eigenvalue weighted by Gasteiger charge is 2.35. The van der Waals surface area contributed by atoms with Crippen molar-refractivity contribution in [2.75, 3.05) is 12.9 Å². The molecule has 2 heterocycles. The van der Waals surface area contributed by atoms with Crippen molar-refractivity contribution in [3.63, 3.8) is 0 Å². The van der Waals surface area contributed by atoms with E-state index in [1.54, 1.807) is 43.1 Å². The quantitative estimate of drug-likeness (QED) is 0.120. The minimum Gasteiger partial charge on any atom is -0.496 e. The number of para-hydroxylation sites is 1. The van der Waals surface area contributed by atoms with Gasteiger partial charge in [0.1, 0.15) is 5.75 Å². The summed E-state index contributed by atoms with van der Waals surface area (Å²) in [5.41, 5.74) is 6.45. The van der Waals surface area contributed by atoms with Gasteiger partial charge in [0.05, 0.1) is 43.6 Å². The summed E-state index contributed by atoms with van der Waals surface area (Å²) in [6.07, 6.45) is -0.235. The molecule has 0 aliphatic carbocycles. The number of hydrogen-bond acceptors (Lipinski definition) is 7. The van der Waals surface area contributed by atoms with Crippen LogP contribution in [0.1, 0.15) is 61.8 Å². The van der Waals surface area contributed by atoms with Crippen LogP contribution in [0.2, 0.25) is 0 Å². The summed E-state index contributed by atoms with van der Waals surface area (Å²) in [6.45, 7) is 0.180. The molecule has 2 aliphatic heterocycles. The van der Waals surface area contributed by atoms with Gasteiger partial charge in [-0.1, -0.05) is 84.9 Å². The molecule has 0 radical (unpaired) electrons. The fourth-order valence-corrected chi connectivity index (χ4v) is 7.27. The maximum absolute atomic E-state index is 13.0. The van der Waals surface area contributed by atoms with Crippen molar-refractivity contribution in [2.45, 2.75) is 43.0 Å². The number of carbonyl (C=O) groups is 2. The molecule has 0 unspecified atom stereocenters. The number of amides is 2. The Morgan fingerprint density at radius 2 is 1.44 bits per heavy atom. The van der Waals surface area contributed by atoms with Crippen LogP contribution in [-0.4, -0.2) is 40.8 Å². The van der Waals surface area contributed by atoms with Crippen molar-refractivity contribution >= 4 is 23.6 Å². The van der Waals surface area contributed by atoms with E-state index in [9.17, 15) is 14.7 Å². The minimum absolute atomic E-state index is 0.0119. The Balaban J connectivity index is 1.12. The maximum atomic E-state index is 13.0. The Morgan fingerprint density at radius 1 is 0.750 bits per heavy atom. The third-order valence-corrected chi connectivity index (χ3v) is 9.93. The fourth-order valence-electron chi connectivity index (χ4n) is 6.22.